The molecule has 1 aromatic carbocycles. The largest absolute Gasteiger partial charge is 0.382 e. The van der Waals surface area contributed by atoms with E-state index in [1.807, 2.05) is 6.07 Å². The average Bonchev–Trinajstić information content (AvgIpc) is 2.76. The minimum absolute atomic E-state index is 0.376. The van der Waals surface area contributed by atoms with Crippen LogP contribution in [-0.4, -0.2) is 11.9 Å². The minimum atomic E-state index is -0.487. The fraction of sp³-hybridized carbons (Fsp3) is 0.500. The predicted octanol–water partition coefficient (Wildman–Crippen LogP) is 3.43. The molecular formula is C14H19ClN2O. The molecule has 0 bridgehead atoms. The number of hydrogen-bond donors (Lipinski definition) is 2. The van der Waals surface area contributed by atoms with E-state index in [0.717, 1.165) is 11.6 Å². The van der Waals surface area contributed by atoms with Crippen LogP contribution in [0.15, 0.2) is 18.2 Å². The molecule has 1 aliphatic carbocycles. The van der Waals surface area contributed by atoms with Crippen LogP contribution in [-0.2, 0) is 0 Å². The SMILES string of the molecule is CCC1CCCC1Nc1ccc(C(N)=O)c(Cl)c1. The van der Waals surface area contributed by atoms with E-state index in [1.54, 1.807) is 12.1 Å². The fourth-order valence-electron chi connectivity index (χ4n) is 2.73. The smallest absolute Gasteiger partial charge is 0.250 e. The highest BCUT2D eigenvalue weighted by molar-refractivity contribution is 6.34. The van der Waals surface area contributed by atoms with Crippen molar-refractivity contribution >= 4 is 23.2 Å². The van der Waals surface area contributed by atoms with E-state index in [0.29, 0.717) is 16.6 Å². The number of rotatable bonds is 4. The van der Waals surface area contributed by atoms with Crippen molar-refractivity contribution in [3.63, 3.8) is 0 Å². The van der Waals surface area contributed by atoms with Crippen LogP contribution in [0.5, 0.6) is 0 Å². The summed E-state index contributed by atoms with van der Waals surface area (Å²) in [4.78, 5) is 11.1. The van der Waals surface area contributed by atoms with Gasteiger partial charge in [-0.25, -0.2) is 0 Å². The highest BCUT2D eigenvalue weighted by Crippen LogP contribution is 2.31. The summed E-state index contributed by atoms with van der Waals surface area (Å²) >= 11 is 6.04. The van der Waals surface area contributed by atoms with E-state index in [2.05, 4.69) is 12.2 Å². The number of nitrogens with two attached hydrogens (primary N) is 1. The van der Waals surface area contributed by atoms with E-state index >= 15 is 0 Å². The molecule has 0 aliphatic heterocycles. The number of carbonyl (C=O) groups is 1. The average molecular weight is 267 g/mol. The van der Waals surface area contributed by atoms with Gasteiger partial charge in [0.15, 0.2) is 0 Å². The molecule has 1 fully saturated rings. The molecule has 18 heavy (non-hydrogen) atoms. The van der Waals surface area contributed by atoms with Gasteiger partial charge in [-0.1, -0.05) is 31.4 Å². The van der Waals surface area contributed by atoms with Gasteiger partial charge in [-0.3, -0.25) is 4.79 Å². The molecule has 0 radical (unpaired) electrons. The van der Waals surface area contributed by atoms with Crippen LogP contribution in [0.3, 0.4) is 0 Å². The fourth-order valence-corrected chi connectivity index (χ4v) is 3.01. The van der Waals surface area contributed by atoms with E-state index in [1.165, 1.54) is 25.7 Å². The van der Waals surface area contributed by atoms with Gasteiger partial charge in [0.05, 0.1) is 10.6 Å². The maximum Gasteiger partial charge on any atom is 0.250 e. The molecule has 1 aliphatic rings. The molecule has 3 N–H and O–H groups in total. The second-order valence-electron chi connectivity index (χ2n) is 4.91. The molecule has 1 aromatic rings. The number of amides is 1. The predicted molar refractivity (Wildman–Crippen MR) is 75.0 cm³/mol. The Balaban J connectivity index is 2.10. The molecule has 2 unspecified atom stereocenters. The lowest BCUT2D eigenvalue weighted by atomic mass is 10.0. The van der Waals surface area contributed by atoms with Crippen LogP contribution in [0.25, 0.3) is 0 Å². The Morgan fingerprint density at radius 1 is 1.50 bits per heavy atom. The molecule has 3 nitrogen and oxygen atoms in total. The first kappa shape index (κ1) is 13.2. The van der Waals surface area contributed by atoms with Gasteiger partial charge in [0.2, 0.25) is 5.91 Å². The zero-order chi connectivity index (χ0) is 13.1. The first-order chi connectivity index (χ1) is 8.61. The lowest BCUT2D eigenvalue weighted by Gasteiger charge is -2.21. The van der Waals surface area contributed by atoms with Crippen LogP contribution in [0, 0.1) is 5.92 Å². The summed E-state index contributed by atoms with van der Waals surface area (Å²) in [7, 11) is 0. The van der Waals surface area contributed by atoms with Gasteiger partial charge in [0.25, 0.3) is 0 Å². The maximum atomic E-state index is 11.1. The number of anilines is 1. The second kappa shape index (κ2) is 5.61. The van der Waals surface area contributed by atoms with Gasteiger partial charge in [-0.05, 0) is 37.0 Å². The first-order valence-electron chi connectivity index (χ1n) is 6.47. The number of hydrogen-bond acceptors (Lipinski definition) is 2. The van der Waals surface area contributed by atoms with Crippen LogP contribution in [0.2, 0.25) is 5.02 Å². The molecule has 0 spiro atoms. The molecule has 2 rings (SSSR count). The summed E-state index contributed by atoms with van der Waals surface area (Å²) in [6, 6.07) is 5.86. The lowest BCUT2D eigenvalue weighted by molar-refractivity contribution is 0.100. The summed E-state index contributed by atoms with van der Waals surface area (Å²) in [5, 5.41) is 3.93. The van der Waals surface area contributed by atoms with Crippen molar-refractivity contribution in [2.75, 3.05) is 5.32 Å². The van der Waals surface area contributed by atoms with Gasteiger partial charge in [0.1, 0.15) is 0 Å². The van der Waals surface area contributed by atoms with Gasteiger partial charge >= 0.3 is 0 Å². The maximum absolute atomic E-state index is 11.1. The Bertz CT molecular complexity index is 447. The molecule has 0 heterocycles. The van der Waals surface area contributed by atoms with E-state index < -0.39 is 5.91 Å². The third kappa shape index (κ3) is 2.78. The highest BCUT2D eigenvalue weighted by atomic mass is 35.5. The van der Waals surface area contributed by atoms with Crippen molar-refractivity contribution in [3.05, 3.63) is 28.8 Å². The van der Waals surface area contributed by atoms with E-state index in [-0.39, 0.29) is 0 Å². The van der Waals surface area contributed by atoms with Crippen molar-refractivity contribution in [2.24, 2.45) is 11.7 Å². The Morgan fingerprint density at radius 3 is 2.89 bits per heavy atom. The third-order valence-corrected chi connectivity index (χ3v) is 4.08. The van der Waals surface area contributed by atoms with Crippen molar-refractivity contribution in [2.45, 2.75) is 38.6 Å². The summed E-state index contributed by atoms with van der Waals surface area (Å²) in [6.07, 6.45) is 4.98. The molecule has 1 amide bonds. The first-order valence-corrected chi connectivity index (χ1v) is 6.85. The van der Waals surface area contributed by atoms with Crippen molar-refractivity contribution < 1.29 is 4.79 Å². The lowest BCUT2D eigenvalue weighted by Crippen LogP contribution is -2.23. The molecule has 4 heteroatoms. The number of benzene rings is 1. The third-order valence-electron chi connectivity index (χ3n) is 3.77. The zero-order valence-corrected chi connectivity index (χ0v) is 11.3. The van der Waals surface area contributed by atoms with E-state index in [4.69, 9.17) is 17.3 Å². The molecule has 0 saturated heterocycles. The Morgan fingerprint density at radius 2 is 2.28 bits per heavy atom. The highest BCUT2D eigenvalue weighted by Gasteiger charge is 2.25. The molecule has 2 atom stereocenters. The quantitative estimate of drug-likeness (QED) is 0.877. The summed E-state index contributed by atoms with van der Waals surface area (Å²) in [6.45, 7) is 2.23. The van der Waals surface area contributed by atoms with Crippen LogP contribution < -0.4 is 11.1 Å². The van der Waals surface area contributed by atoms with E-state index in [9.17, 15) is 4.79 Å². The summed E-state index contributed by atoms with van der Waals surface area (Å²) in [5.74, 6) is 0.249. The van der Waals surface area contributed by atoms with Crippen molar-refractivity contribution in [3.8, 4) is 0 Å². The summed E-state index contributed by atoms with van der Waals surface area (Å²) < 4.78 is 0. The molecule has 98 valence electrons. The normalized spacial score (nSPS) is 23.0. The summed E-state index contributed by atoms with van der Waals surface area (Å²) in [5.41, 5.74) is 6.57. The molecular weight excluding hydrogens is 248 g/mol. The number of halogens is 1. The number of nitrogens with one attached hydrogen (secondary N) is 1. The zero-order valence-electron chi connectivity index (χ0n) is 10.6. The van der Waals surface area contributed by atoms with Crippen LogP contribution in [0.1, 0.15) is 43.0 Å². The topological polar surface area (TPSA) is 55.1 Å². The van der Waals surface area contributed by atoms with Gasteiger partial charge in [-0.15, -0.1) is 0 Å². The number of primary amides is 1. The Labute approximate surface area is 113 Å². The second-order valence-corrected chi connectivity index (χ2v) is 5.32. The minimum Gasteiger partial charge on any atom is -0.382 e. The van der Waals surface area contributed by atoms with Crippen LogP contribution >= 0.6 is 11.6 Å². The van der Waals surface area contributed by atoms with Crippen molar-refractivity contribution in [1.82, 2.24) is 0 Å². The van der Waals surface area contributed by atoms with Crippen molar-refractivity contribution in [1.29, 1.82) is 0 Å². The van der Waals surface area contributed by atoms with Gasteiger partial charge in [0, 0.05) is 11.7 Å². The number of carbonyl (C=O) groups excluding carboxylic acids is 1. The monoisotopic (exact) mass is 266 g/mol. The Kier molecular flexibility index (Phi) is 4.12. The van der Waals surface area contributed by atoms with Gasteiger partial charge in [-0.2, -0.15) is 0 Å². The molecule has 0 aromatic heterocycles. The standard InChI is InChI=1S/C14H19ClN2O/c1-2-9-4-3-5-13(9)17-10-6-7-11(14(16)18)12(15)8-10/h6-9,13,17H,2-5H2,1H3,(H2,16,18). The van der Waals surface area contributed by atoms with Gasteiger partial charge < -0.3 is 11.1 Å². The Hall–Kier alpha value is -1.22. The van der Waals surface area contributed by atoms with Crippen LogP contribution in [0.4, 0.5) is 5.69 Å². The molecule has 1 saturated carbocycles.